The first-order chi connectivity index (χ1) is 9.40. The number of aryl methyl sites for hydroxylation is 1. The van der Waals surface area contributed by atoms with Crippen LogP contribution in [0.3, 0.4) is 0 Å². The number of rotatable bonds is 6. The number of ether oxygens (including phenoxy) is 1. The highest BCUT2D eigenvalue weighted by atomic mass is 79.9. The van der Waals surface area contributed by atoms with E-state index in [-0.39, 0.29) is 12.6 Å². The lowest BCUT2D eigenvalue weighted by atomic mass is 10.00. The zero-order valence-electron chi connectivity index (χ0n) is 12.0. The molecular weight excluding hydrogens is 324 g/mol. The lowest BCUT2D eigenvalue weighted by molar-refractivity contribution is 0.104. The molecule has 0 spiro atoms. The van der Waals surface area contributed by atoms with Gasteiger partial charge in [0.25, 0.3) is 0 Å². The van der Waals surface area contributed by atoms with Gasteiger partial charge >= 0.3 is 6.03 Å². The molecule has 0 saturated heterocycles. The Bertz CT molecular complexity index is 460. The third kappa shape index (κ3) is 5.11. The molecule has 1 rings (SSSR count). The zero-order chi connectivity index (χ0) is 15.2. The first kappa shape index (κ1) is 16.9. The highest BCUT2D eigenvalue weighted by Crippen LogP contribution is 2.20. The van der Waals surface area contributed by atoms with E-state index in [9.17, 15) is 4.79 Å². The molecule has 0 aliphatic heterocycles. The highest BCUT2D eigenvalue weighted by Gasteiger charge is 2.25. The van der Waals surface area contributed by atoms with Crippen LogP contribution in [0.1, 0.15) is 18.9 Å². The standard InChI is InChI=1S/C14H21BrN2O3/c1-10-8-11(4-5-12(10)15)16-13(19)17-14(2,6-7-18)9-20-3/h4-5,8,18H,6-7,9H2,1-3H3,(H2,16,17,19). The lowest BCUT2D eigenvalue weighted by Crippen LogP contribution is -2.51. The summed E-state index contributed by atoms with van der Waals surface area (Å²) in [6.45, 7) is 4.10. The topological polar surface area (TPSA) is 70.6 Å². The summed E-state index contributed by atoms with van der Waals surface area (Å²) < 4.78 is 6.08. The Kier molecular flexibility index (Phi) is 6.45. The Morgan fingerprint density at radius 2 is 2.20 bits per heavy atom. The maximum Gasteiger partial charge on any atom is 0.319 e. The molecule has 0 aromatic heterocycles. The van der Waals surface area contributed by atoms with E-state index in [0.717, 1.165) is 10.0 Å². The molecule has 20 heavy (non-hydrogen) atoms. The number of anilines is 1. The van der Waals surface area contributed by atoms with Crippen molar-refractivity contribution >= 4 is 27.6 Å². The number of carbonyl (C=O) groups excluding carboxylic acids is 1. The van der Waals surface area contributed by atoms with E-state index in [0.29, 0.717) is 18.7 Å². The van der Waals surface area contributed by atoms with Gasteiger partial charge in [0.1, 0.15) is 0 Å². The number of aliphatic hydroxyl groups excluding tert-OH is 1. The van der Waals surface area contributed by atoms with Gasteiger partial charge in [-0.25, -0.2) is 4.79 Å². The number of urea groups is 1. The van der Waals surface area contributed by atoms with Crippen molar-refractivity contribution in [1.29, 1.82) is 0 Å². The third-order valence-corrected chi connectivity index (χ3v) is 3.85. The highest BCUT2D eigenvalue weighted by molar-refractivity contribution is 9.10. The number of amides is 2. The van der Waals surface area contributed by atoms with Crippen molar-refractivity contribution in [3.8, 4) is 0 Å². The zero-order valence-corrected chi connectivity index (χ0v) is 13.6. The minimum atomic E-state index is -0.599. The van der Waals surface area contributed by atoms with Crippen molar-refractivity contribution < 1.29 is 14.6 Å². The van der Waals surface area contributed by atoms with E-state index < -0.39 is 5.54 Å². The van der Waals surface area contributed by atoms with Gasteiger partial charge in [0, 0.05) is 23.9 Å². The molecule has 2 amide bonds. The van der Waals surface area contributed by atoms with Crippen LogP contribution in [-0.2, 0) is 4.74 Å². The summed E-state index contributed by atoms with van der Waals surface area (Å²) in [4.78, 5) is 12.0. The van der Waals surface area contributed by atoms with Crippen LogP contribution in [0.4, 0.5) is 10.5 Å². The van der Waals surface area contributed by atoms with Gasteiger partial charge in [-0.05, 0) is 44.0 Å². The molecule has 1 aromatic rings. The average molecular weight is 345 g/mol. The van der Waals surface area contributed by atoms with Crippen molar-refractivity contribution in [3.63, 3.8) is 0 Å². The lowest BCUT2D eigenvalue weighted by Gasteiger charge is -2.29. The van der Waals surface area contributed by atoms with Gasteiger partial charge in [-0.3, -0.25) is 0 Å². The van der Waals surface area contributed by atoms with Crippen LogP contribution >= 0.6 is 15.9 Å². The monoisotopic (exact) mass is 344 g/mol. The Hall–Kier alpha value is -1.11. The second-order valence-electron chi connectivity index (χ2n) is 5.01. The second kappa shape index (κ2) is 7.61. The van der Waals surface area contributed by atoms with Gasteiger partial charge in [-0.2, -0.15) is 0 Å². The molecule has 0 fully saturated rings. The molecule has 1 atom stereocenters. The van der Waals surface area contributed by atoms with E-state index >= 15 is 0 Å². The van der Waals surface area contributed by atoms with Crippen LogP contribution in [0.15, 0.2) is 22.7 Å². The number of halogens is 1. The molecule has 6 heteroatoms. The molecule has 0 saturated carbocycles. The van der Waals surface area contributed by atoms with Crippen molar-refractivity contribution in [1.82, 2.24) is 5.32 Å². The van der Waals surface area contributed by atoms with Crippen molar-refractivity contribution in [2.45, 2.75) is 25.8 Å². The largest absolute Gasteiger partial charge is 0.396 e. The maximum atomic E-state index is 12.0. The number of carbonyl (C=O) groups is 1. The van der Waals surface area contributed by atoms with Crippen molar-refractivity contribution in [3.05, 3.63) is 28.2 Å². The van der Waals surface area contributed by atoms with Gasteiger partial charge in [0.15, 0.2) is 0 Å². The van der Waals surface area contributed by atoms with Gasteiger partial charge in [0.2, 0.25) is 0 Å². The second-order valence-corrected chi connectivity index (χ2v) is 5.86. The maximum absolute atomic E-state index is 12.0. The number of hydrogen-bond acceptors (Lipinski definition) is 3. The smallest absolute Gasteiger partial charge is 0.319 e. The average Bonchev–Trinajstić information content (AvgIpc) is 2.34. The number of benzene rings is 1. The summed E-state index contributed by atoms with van der Waals surface area (Å²) in [5.41, 5.74) is 1.16. The predicted octanol–water partition coefficient (Wildman–Crippen LogP) is 2.67. The van der Waals surface area contributed by atoms with Gasteiger partial charge in [-0.15, -0.1) is 0 Å². The Balaban J connectivity index is 2.67. The van der Waals surface area contributed by atoms with E-state index in [1.807, 2.05) is 32.0 Å². The summed E-state index contributed by atoms with van der Waals surface area (Å²) in [6, 6.07) is 5.26. The van der Waals surface area contributed by atoms with Crippen LogP contribution in [0.2, 0.25) is 0 Å². The Morgan fingerprint density at radius 3 is 2.75 bits per heavy atom. The molecule has 1 aromatic carbocycles. The molecule has 0 aliphatic carbocycles. The quantitative estimate of drug-likeness (QED) is 0.742. The van der Waals surface area contributed by atoms with E-state index in [1.165, 1.54) is 0 Å². The summed E-state index contributed by atoms with van der Waals surface area (Å²) in [5, 5.41) is 14.7. The van der Waals surface area contributed by atoms with Crippen LogP contribution in [0.25, 0.3) is 0 Å². The molecule has 5 nitrogen and oxygen atoms in total. The third-order valence-electron chi connectivity index (χ3n) is 2.96. The van der Waals surface area contributed by atoms with Crippen molar-refractivity contribution in [2.24, 2.45) is 0 Å². The fourth-order valence-corrected chi connectivity index (χ4v) is 2.14. The minimum absolute atomic E-state index is 0.0163. The van der Waals surface area contributed by atoms with Crippen LogP contribution in [0.5, 0.6) is 0 Å². The Morgan fingerprint density at radius 1 is 1.50 bits per heavy atom. The minimum Gasteiger partial charge on any atom is -0.396 e. The molecular formula is C14H21BrN2O3. The molecule has 0 radical (unpaired) electrons. The normalized spacial score (nSPS) is 13.7. The summed E-state index contributed by atoms with van der Waals surface area (Å²) in [7, 11) is 1.56. The van der Waals surface area contributed by atoms with E-state index in [1.54, 1.807) is 7.11 Å². The summed E-state index contributed by atoms with van der Waals surface area (Å²) in [6.07, 6.45) is 0.424. The van der Waals surface area contributed by atoms with Crippen LogP contribution < -0.4 is 10.6 Å². The van der Waals surface area contributed by atoms with Gasteiger partial charge in [-0.1, -0.05) is 15.9 Å². The number of aliphatic hydroxyl groups is 1. The molecule has 0 bridgehead atoms. The molecule has 0 heterocycles. The van der Waals surface area contributed by atoms with E-state index in [2.05, 4.69) is 26.6 Å². The van der Waals surface area contributed by atoms with Crippen molar-refractivity contribution in [2.75, 3.05) is 25.6 Å². The summed E-state index contributed by atoms with van der Waals surface area (Å²) in [5.74, 6) is 0. The molecule has 112 valence electrons. The first-order valence-corrected chi connectivity index (χ1v) is 7.14. The van der Waals surface area contributed by atoms with Crippen LogP contribution in [0, 0.1) is 6.92 Å². The van der Waals surface area contributed by atoms with Gasteiger partial charge in [0.05, 0.1) is 12.1 Å². The predicted molar refractivity (Wildman–Crippen MR) is 83.0 cm³/mol. The SMILES string of the molecule is COCC(C)(CCO)NC(=O)Nc1ccc(Br)c(C)c1. The fraction of sp³-hybridized carbons (Fsp3) is 0.500. The molecule has 1 unspecified atom stereocenters. The fourth-order valence-electron chi connectivity index (χ4n) is 1.89. The van der Waals surface area contributed by atoms with Gasteiger partial charge < -0.3 is 20.5 Å². The Labute approximate surface area is 127 Å². The first-order valence-electron chi connectivity index (χ1n) is 6.35. The van der Waals surface area contributed by atoms with E-state index in [4.69, 9.17) is 9.84 Å². The summed E-state index contributed by atoms with van der Waals surface area (Å²) >= 11 is 3.41. The van der Waals surface area contributed by atoms with Crippen LogP contribution in [-0.4, -0.2) is 37.0 Å². The number of methoxy groups -OCH3 is 1. The molecule has 3 N–H and O–H groups in total. The molecule has 0 aliphatic rings. The number of hydrogen-bond donors (Lipinski definition) is 3. The number of nitrogens with one attached hydrogen (secondary N) is 2.